The number of nitrogens with zero attached hydrogens (tertiary/aromatic N) is 2. The van der Waals surface area contributed by atoms with Crippen LogP contribution < -0.4 is 11.3 Å². The molecule has 0 saturated carbocycles. The summed E-state index contributed by atoms with van der Waals surface area (Å²) in [7, 11) is 2.00. The Morgan fingerprint density at radius 3 is 2.36 bits per heavy atom. The number of aliphatic imine (C=N–C) groups is 1. The van der Waals surface area contributed by atoms with Gasteiger partial charge in [0.05, 0.1) is 0 Å². The molecule has 3 N–H and O–H groups in total. The van der Waals surface area contributed by atoms with E-state index in [1.807, 2.05) is 7.05 Å². The molecular weight excluding hydrogens is 176 g/mol. The second-order valence-corrected chi connectivity index (χ2v) is 4.77. The third-order valence-corrected chi connectivity index (χ3v) is 1.69. The first-order valence-corrected chi connectivity index (χ1v) is 5.13. The van der Waals surface area contributed by atoms with Crippen LogP contribution in [0.4, 0.5) is 0 Å². The van der Waals surface area contributed by atoms with Crippen molar-refractivity contribution in [3.63, 3.8) is 0 Å². The highest BCUT2D eigenvalue weighted by Gasteiger charge is 2.15. The van der Waals surface area contributed by atoms with Crippen molar-refractivity contribution >= 4 is 5.96 Å². The van der Waals surface area contributed by atoms with Crippen molar-refractivity contribution in [3.05, 3.63) is 0 Å². The zero-order valence-electron chi connectivity index (χ0n) is 10.1. The van der Waals surface area contributed by atoms with Gasteiger partial charge < -0.3 is 4.90 Å². The fourth-order valence-electron chi connectivity index (χ4n) is 1.28. The van der Waals surface area contributed by atoms with Crippen molar-refractivity contribution in [2.24, 2.45) is 16.3 Å². The fourth-order valence-corrected chi connectivity index (χ4v) is 1.28. The van der Waals surface area contributed by atoms with E-state index in [-0.39, 0.29) is 5.41 Å². The van der Waals surface area contributed by atoms with Gasteiger partial charge in [0.15, 0.2) is 0 Å². The lowest BCUT2D eigenvalue weighted by molar-refractivity contribution is 0.300. The Bertz CT molecular complexity index is 181. The first kappa shape index (κ1) is 13.2. The molecule has 4 nitrogen and oxygen atoms in total. The van der Waals surface area contributed by atoms with Crippen LogP contribution in [0.2, 0.25) is 0 Å². The Balaban J connectivity index is 4.24. The van der Waals surface area contributed by atoms with Crippen LogP contribution in [-0.4, -0.2) is 31.0 Å². The Morgan fingerprint density at radius 1 is 1.43 bits per heavy atom. The molecule has 0 bridgehead atoms. The van der Waals surface area contributed by atoms with Crippen LogP contribution in [0.1, 0.15) is 34.1 Å². The third kappa shape index (κ3) is 5.80. The molecular formula is C10H24N4. The molecule has 0 aliphatic rings. The maximum Gasteiger partial charge on any atom is 0.208 e. The minimum atomic E-state index is 0.249. The van der Waals surface area contributed by atoms with E-state index in [0.717, 1.165) is 25.5 Å². The van der Waals surface area contributed by atoms with Gasteiger partial charge in [-0.05, 0) is 11.8 Å². The van der Waals surface area contributed by atoms with Gasteiger partial charge in [-0.1, -0.05) is 27.7 Å². The second-order valence-electron chi connectivity index (χ2n) is 4.77. The van der Waals surface area contributed by atoms with E-state index in [2.05, 4.69) is 43.0 Å². The lowest BCUT2D eigenvalue weighted by Crippen LogP contribution is -2.45. The molecule has 0 aromatic carbocycles. The van der Waals surface area contributed by atoms with Gasteiger partial charge in [-0.25, -0.2) is 5.84 Å². The highest BCUT2D eigenvalue weighted by Crippen LogP contribution is 2.13. The highest BCUT2D eigenvalue weighted by molar-refractivity contribution is 5.79. The average Bonchev–Trinajstić information content (AvgIpc) is 2.02. The topological polar surface area (TPSA) is 53.6 Å². The summed E-state index contributed by atoms with van der Waals surface area (Å²) in [5, 5.41) is 0. The van der Waals surface area contributed by atoms with Gasteiger partial charge in [0.25, 0.3) is 0 Å². The molecule has 0 heterocycles. The van der Waals surface area contributed by atoms with Crippen molar-refractivity contribution in [2.75, 3.05) is 20.1 Å². The summed E-state index contributed by atoms with van der Waals surface area (Å²) < 4.78 is 0. The largest absolute Gasteiger partial charge is 0.344 e. The van der Waals surface area contributed by atoms with E-state index in [9.17, 15) is 0 Å². The Kier molecular flexibility index (Phi) is 5.53. The van der Waals surface area contributed by atoms with Gasteiger partial charge in [0.2, 0.25) is 5.96 Å². The predicted molar refractivity (Wildman–Crippen MR) is 62.0 cm³/mol. The maximum atomic E-state index is 5.41. The highest BCUT2D eigenvalue weighted by atomic mass is 15.4. The minimum absolute atomic E-state index is 0.249. The van der Waals surface area contributed by atoms with Gasteiger partial charge >= 0.3 is 0 Å². The summed E-state index contributed by atoms with van der Waals surface area (Å²) >= 11 is 0. The predicted octanol–water partition coefficient (Wildman–Crippen LogP) is 1.19. The summed E-state index contributed by atoms with van der Waals surface area (Å²) in [6, 6.07) is 0. The van der Waals surface area contributed by atoms with Crippen molar-refractivity contribution in [1.82, 2.24) is 10.3 Å². The van der Waals surface area contributed by atoms with E-state index in [4.69, 9.17) is 5.84 Å². The van der Waals surface area contributed by atoms with Crippen LogP contribution in [0.15, 0.2) is 4.99 Å². The molecule has 0 unspecified atom stereocenters. The number of hydrogen-bond donors (Lipinski definition) is 2. The number of nitrogens with two attached hydrogens (primary N) is 1. The smallest absolute Gasteiger partial charge is 0.208 e. The minimum Gasteiger partial charge on any atom is -0.344 e. The molecule has 0 radical (unpaired) electrons. The van der Waals surface area contributed by atoms with Crippen LogP contribution in [0.25, 0.3) is 0 Å². The summed E-state index contributed by atoms with van der Waals surface area (Å²) in [5.41, 5.74) is 2.88. The normalized spacial score (nSPS) is 12.9. The SMILES string of the molecule is CCCN=C(NN)N(C)CC(C)(C)C. The van der Waals surface area contributed by atoms with E-state index in [1.54, 1.807) is 0 Å². The lowest BCUT2D eigenvalue weighted by atomic mass is 9.96. The standard InChI is InChI=1S/C10H24N4/c1-6-7-12-9(13-11)14(5)8-10(2,3)4/h6-8,11H2,1-5H3,(H,12,13). The molecule has 0 aromatic heterocycles. The summed E-state index contributed by atoms with van der Waals surface area (Å²) in [4.78, 5) is 6.40. The van der Waals surface area contributed by atoms with Crippen LogP contribution in [0.3, 0.4) is 0 Å². The first-order valence-electron chi connectivity index (χ1n) is 5.13. The Labute approximate surface area is 87.5 Å². The molecule has 4 heteroatoms. The summed E-state index contributed by atoms with van der Waals surface area (Å²) in [6.45, 7) is 10.4. The molecule has 0 aliphatic heterocycles. The quantitative estimate of drug-likeness (QED) is 0.311. The van der Waals surface area contributed by atoms with E-state index in [0.29, 0.717) is 0 Å². The molecule has 0 aliphatic carbocycles. The van der Waals surface area contributed by atoms with Gasteiger partial charge in [-0.3, -0.25) is 10.4 Å². The van der Waals surface area contributed by atoms with Crippen molar-refractivity contribution in [1.29, 1.82) is 0 Å². The molecule has 0 fully saturated rings. The van der Waals surface area contributed by atoms with Crippen molar-refractivity contribution in [3.8, 4) is 0 Å². The number of hydrazine groups is 1. The van der Waals surface area contributed by atoms with Crippen LogP contribution >= 0.6 is 0 Å². The summed E-state index contributed by atoms with van der Waals surface area (Å²) in [6.07, 6.45) is 1.04. The zero-order chi connectivity index (χ0) is 11.2. The van der Waals surface area contributed by atoms with Crippen LogP contribution in [0, 0.1) is 5.41 Å². The Hall–Kier alpha value is -0.770. The maximum absolute atomic E-state index is 5.41. The van der Waals surface area contributed by atoms with Crippen molar-refractivity contribution in [2.45, 2.75) is 34.1 Å². The molecule has 14 heavy (non-hydrogen) atoms. The van der Waals surface area contributed by atoms with Gasteiger partial charge in [-0.2, -0.15) is 0 Å². The average molecular weight is 200 g/mol. The first-order chi connectivity index (χ1) is 6.40. The van der Waals surface area contributed by atoms with E-state index in [1.165, 1.54) is 0 Å². The van der Waals surface area contributed by atoms with Crippen LogP contribution in [0.5, 0.6) is 0 Å². The van der Waals surface area contributed by atoms with E-state index < -0.39 is 0 Å². The monoisotopic (exact) mass is 200 g/mol. The molecule has 0 aromatic rings. The molecule has 0 rings (SSSR count). The number of hydrogen-bond acceptors (Lipinski definition) is 2. The number of guanidine groups is 1. The van der Waals surface area contributed by atoms with Gasteiger partial charge in [0, 0.05) is 20.1 Å². The van der Waals surface area contributed by atoms with Crippen LogP contribution in [-0.2, 0) is 0 Å². The second kappa shape index (κ2) is 5.86. The number of rotatable bonds is 3. The summed E-state index contributed by atoms with van der Waals surface area (Å²) in [5.74, 6) is 6.18. The third-order valence-electron chi connectivity index (χ3n) is 1.69. The van der Waals surface area contributed by atoms with E-state index >= 15 is 0 Å². The Morgan fingerprint density at radius 2 is 2.00 bits per heavy atom. The molecule has 84 valence electrons. The number of nitrogens with one attached hydrogen (secondary N) is 1. The molecule has 0 saturated heterocycles. The zero-order valence-corrected chi connectivity index (χ0v) is 10.1. The molecule has 0 spiro atoms. The van der Waals surface area contributed by atoms with Gasteiger partial charge in [0.1, 0.15) is 0 Å². The van der Waals surface area contributed by atoms with Crippen molar-refractivity contribution < 1.29 is 0 Å². The van der Waals surface area contributed by atoms with Gasteiger partial charge in [-0.15, -0.1) is 0 Å². The molecule has 0 atom stereocenters. The lowest BCUT2D eigenvalue weighted by Gasteiger charge is -2.28. The fraction of sp³-hybridized carbons (Fsp3) is 0.900. The molecule has 0 amide bonds.